The molecule has 0 bridgehead atoms. The molecule has 62 heavy (non-hydrogen) atoms. The van der Waals surface area contributed by atoms with Gasteiger partial charge in [-0.1, -0.05) is 202 Å². The smallest absolute Gasteiger partial charge is 0.164 e. The molecule has 1 heterocycles. The zero-order valence-corrected chi connectivity index (χ0v) is 34.4. The number of aromatic nitrogens is 3. The van der Waals surface area contributed by atoms with Gasteiger partial charge in [-0.2, -0.15) is 0 Å². The molecular weight excluding hydrogens is 751 g/mol. The maximum Gasteiger partial charge on any atom is 0.164 e. The highest BCUT2D eigenvalue weighted by Gasteiger charge is 2.52. The number of nitrogens with zero attached hydrogens (tertiary/aromatic N) is 3. The molecule has 10 aromatic rings. The third-order valence-electron chi connectivity index (χ3n) is 14.0. The maximum absolute atomic E-state index is 5.32. The number of fused-ring (bicyclic) bond motifs is 14. The second-order valence-corrected chi connectivity index (χ2v) is 17.5. The lowest BCUT2D eigenvalue weighted by Crippen LogP contribution is -2.26. The summed E-state index contributed by atoms with van der Waals surface area (Å²) in [4.78, 5) is 15.7. The fraction of sp³-hybridized carbons (Fsp3) is 0.0678. The van der Waals surface area contributed by atoms with E-state index in [1.54, 1.807) is 0 Å². The van der Waals surface area contributed by atoms with Crippen molar-refractivity contribution in [2.45, 2.75) is 24.7 Å². The Balaban J connectivity index is 1.06. The third-order valence-corrected chi connectivity index (χ3v) is 14.0. The van der Waals surface area contributed by atoms with Gasteiger partial charge in [0, 0.05) is 22.1 Å². The van der Waals surface area contributed by atoms with Crippen LogP contribution in [0.15, 0.2) is 200 Å². The molecule has 1 spiro atoms. The van der Waals surface area contributed by atoms with Crippen LogP contribution in [0.3, 0.4) is 0 Å². The molecule has 0 atom stereocenters. The highest BCUT2D eigenvalue weighted by atomic mass is 15.0. The Hall–Kier alpha value is -7.75. The number of hydrogen-bond acceptors (Lipinski definition) is 3. The summed E-state index contributed by atoms with van der Waals surface area (Å²) in [5, 5.41) is 2.26. The van der Waals surface area contributed by atoms with Gasteiger partial charge in [0.25, 0.3) is 0 Å². The van der Waals surface area contributed by atoms with Gasteiger partial charge in [0.1, 0.15) is 0 Å². The van der Waals surface area contributed by atoms with E-state index in [-0.39, 0.29) is 5.41 Å². The van der Waals surface area contributed by atoms with Crippen molar-refractivity contribution in [1.82, 2.24) is 15.0 Å². The average molecular weight is 790 g/mol. The van der Waals surface area contributed by atoms with E-state index in [4.69, 9.17) is 15.0 Å². The minimum Gasteiger partial charge on any atom is -0.208 e. The van der Waals surface area contributed by atoms with Gasteiger partial charge in [0.15, 0.2) is 17.5 Å². The van der Waals surface area contributed by atoms with Gasteiger partial charge >= 0.3 is 0 Å². The molecule has 0 fully saturated rings. The van der Waals surface area contributed by atoms with Gasteiger partial charge in [-0.3, -0.25) is 0 Å². The van der Waals surface area contributed by atoms with Crippen LogP contribution in [0.2, 0.25) is 0 Å². The molecule has 13 rings (SSSR count). The molecule has 3 aliphatic carbocycles. The second kappa shape index (κ2) is 12.9. The topological polar surface area (TPSA) is 38.7 Å². The van der Waals surface area contributed by atoms with Crippen LogP contribution in [0.1, 0.15) is 47.2 Å². The molecule has 3 aliphatic rings. The van der Waals surface area contributed by atoms with Crippen molar-refractivity contribution in [2.75, 3.05) is 0 Å². The Bertz CT molecular complexity index is 3460. The zero-order valence-electron chi connectivity index (χ0n) is 34.4. The number of benzene rings is 9. The maximum atomic E-state index is 5.32. The fourth-order valence-electron chi connectivity index (χ4n) is 11.2. The minimum atomic E-state index is -0.563. The highest BCUT2D eigenvalue weighted by Crippen LogP contribution is 2.64. The molecule has 0 unspecified atom stereocenters. The lowest BCUT2D eigenvalue weighted by Gasteiger charge is -2.31. The largest absolute Gasteiger partial charge is 0.208 e. The summed E-state index contributed by atoms with van der Waals surface area (Å²) in [5.41, 5.74) is 20.4. The molecule has 0 amide bonds. The quantitative estimate of drug-likeness (QED) is 0.178. The van der Waals surface area contributed by atoms with E-state index in [9.17, 15) is 0 Å². The first-order chi connectivity index (χ1) is 30.5. The second-order valence-electron chi connectivity index (χ2n) is 17.5. The van der Waals surface area contributed by atoms with Gasteiger partial charge in [-0.15, -0.1) is 0 Å². The lowest BCUT2D eigenvalue weighted by atomic mass is 9.70. The minimum absolute atomic E-state index is 0.0846. The van der Waals surface area contributed by atoms with Gasteiger partial charge < -0.3 is 0 Å². The Labute approximate surface area is 361 Å². The van der Waals surface area contributed by atoms with Crippen LogP contribution >= 0.6 is 0 Å². The first kappa shape index (κ1) is 35.0. The molecule has 0 saturated heterocycles. The van der Waals surface area contributed by atoms with Gasteiger partial charge in [-0.25, -0.2) is 15.0 Å². The molecule has 3 nitrogen and oxygen atoms in total. The molecule has 1 aromatic heterocycles. The van der Waals surface area contributed by atoms with Gasteiger partial charge in [-0.05, 0) is 101 Å². The van der Waals surface area contributed by atoms with Crippen molar-refractivity contribution < 1.29 is 0 Å². The summed E-state index contributed by atoms with van der Waals surface area (Å²) in [5.74, 6) is 1.96. The molecule has 0 aliphatic heterocycles. The van der Waals surface area contributed by atoms with Crippen molar-refractivity contribution in [3.63, 3.8) is 0 Å². The van der Waals surface area contributed by atoms with Crippen molar-refractivity contribution >= 4 is 10.8 Å². The predicted molar refractivity (Wildman–Crippen MR) is 253 cm³/mol. The van der Waals surface area contributed by atoms with Crippen LogP contribution in [0.4, 0.5) is 0 Å². The standard InChI is InChI=1S/C59H39N3/c1-58(2)48-26-11-10-23-47(48)54-41(24-15-29-51(54)58)38-30-32-44-45-33-31-39(35-53(45)59(52(44)34-38)49-27-12-8-21-42(49)43-22-9-13-28-50(43)59)56-60-55(37-17-4-3-5-18-37)61-57(62-56)46-25-14-19-36-16-6-7-20-40(36)46/h3-35H,1-2H3. The summed E-state index contributed by atoms with van der Waals surface area (Å²) in [6.45, 7) is 4.72. The first-order valence-corrected chi connectivity index (χ1v) is 21.5. The van der Waals surface area contributed by atoms with E-state index in [1.807, 2.05) is 18.2 Å². The van der Waals surface area contributed by atoms with Gasteiger partial charge in [0.05, 0.1) is 5.41 Å². The van der Waals surface area contributed by atoms with E-state index in [2.05, 4.69) is 196 Å². The van der Waals surface area contributed by atoms with Crippen molar-refractivity contribution in [1.29, 1.82) is 0 Å². The van der Waals surface area contributed by atoms with E-state index in [1.165, 1.54) is 77.9 Å². The van der Waals surface area contributed by atoms with Crippen LogP contribution < -0.4 is 0 Å². The lowest BCUT2D eigenvalue weighted by molar-refractivity contribution is 0.660. The number of rotatable bonds is 4. The van der Waals surface area contributed by atoms with E-state index < -0.39 is 5.41 Å². The molecular formula is C59H39N3. The monoisotopic (exact) mass is 789 g/mol. The first-order valence-electron chi connectivity index (χ1n) is 21.5. The van der Waals surface area contributed by atoms with Gasteiger partial charge in [0.2, 0.25) is 0 Å². The third kappa shape index (κ3) is 4.73. The fourth-order valence-corrected chi connectivity index (χ4v) is 11.2. The van der Waals surface area contributed by atoms with Crippen LogP contribution in [0.25, 0.3) is 89.4 Å². The van der Waals surface area contributed by atoms with E-state index >= 15 is 0 Å². The van der Waals surface area contributed by atoms with Crippen LogP contribution in [0, 0.1) is 0 Å². The van der Waals surface area contributed by atoms with Crippen molar-refractivity contribution in [3.05, 3.63) is 234 Å². The Morgan fingerprint density at radius 1 is 0.306 bits per heavy atom. The van der Waals surface area contributed by atoms with Crippen LogP contribution in [-0.4, -0.2) is 15.0 Å². The van der Waals surface area contributed by atoms with Crippen molar-refractivity contribution in [3.8, 4) is 78.7 Å². The summed E-state index contributed by atoms with van der Waals surface area (Å²) in [7, 11) is 0. The highest BCUT2D eigenvalue weighted by molar-refractivity contribution is 5.99. The summed E-state index contributed by atoms with van der Waals surface area (Å²) >= 11 is 0. The Morgan fingerprint density at radius 2 is 0.790 bits per heavy atom. The zero-order chi connectivity index (χ0) is 41.2. The number of hydrogen-bond donors (Lipinski definition) is 0. The molecule has 9 aromatic carbocycles. The van der Waals surface area contributed by atoms with E-state index in [0.29, 0.717) is 17.5 Å². The van der Waals surface area contributed by atoms with E-state index in [0.717, 1.165) is 27.5 Å². The molecule has 290 valence electrons. The summed E-state index contributed by atoms with van der Waals surface area (Å²) in [6, 6.07) is 73.1. The van der Waals surface area contributed by atoms with Crippen LogP contribution in [0.5, 0.6) is 0 Å². The predicted octanol–water partition coefficient (Wildman–Crippen LogP) is 14.3. The van der Waals surface area contributed by atoms with Crippen LogP contribution in [-0.2, 0) is 10.8 Å². The molecule has 3 heteroatoms. The normalized spacial score (nSPS) is 14.2. The SMILES string of the molecule is CC1(C)c2ccccc2-c2c(-c3ccc4c(c3)C3(c5ccccc5-c5ccccc53)c3cc(-c5nc(-c6ccccc6)nc(-c6cccc7ccccc67)n5)ccc3-4)cccc21. The molecule has 0 radical (unpaired) electrons. The summed E-state index contributed by atoms with van der Waals surface area (Å²) < 4.78 is 0. The molecule has 0 N–H and O–H groups in total. The molecule has 0 saturated carbocycles. The summed E-state index contributed by atoms with van der Waals surface area (Å²) in [6.07, 6.45) is 0. The Morgan fingerprint density at radius 3 is 1.53 bits per heavy atom. The van der Waals surface area contributed by atoms with Crippen molar-refractivity contribution in [2.24, 2.45) is 0 Å². The Kier molecular flexibility index (Phi) is 7.28. The average Bonchev–Trinajstić information content (AvgIpc) is 3.89.